The molecule has 0 atom stereocenters. The average Bonchev–Trinajstić information content (AvgIpc) is 3.29. The number of benzene rings is 2. The number of rotatable bonds is 5. The summed E-state index contributed by atoms with van der Waals surface area (Å²) >= 11 is 3.67. The van der Waals surface area contributed by atoms with Gasteiger partial charge in [-0.1, -0.05) is 29.8 Å². The standard InChI is InChI=1S/C19H19BrN6O/c1-13-3-7-15(8-4-13)26-18(20)17(11-21-26)19-22-23-24-25(19)12-14-5-9-16(27-2)10-6-14/h3-11,23-24H,12H2,1-2H3. The summed E-state index contributed by atoms with van der Waals surface area (Å²) in [6.07, 6.45) is 1.80. The molecular formula is C19H19BrN6O. The summed E-state index contributed by atoms with van der Waals surface area (Å²) in [7, 11) is 1.66. The summed E-state index contributed by atoms with van der Waals surface area (Å²) < 4.78 is 7.91. The molecule has 0 spiro atoms. The van der Waals surface area contributed by atoms with E-state index in [9.17, 15) is 0 Å². The van der Waals surface area contributed by atoms with Crippen LogP contribution in [0, 0.1) is 6.92 Å². The van der Waals surface area contributed by atoms with Crippen LogP contribution >= 0.6 is 15.9 Å². The van der Waals surface area contributed by atoms with Gasteiger partial charge < -0.3 is 4.74 Å². The van der Waals surface area contributed by atoms with E-state index in [4.69, 9.17) is 4.74 Å². The van der Waals surface area contributed by atoms with Gasteiger partial charge >= 0.3 is 0 Å². The Kier molecular flexibility index (Phi) is 4.83. The van der Waals surface area contributed by atoms with Crippen molar-refractivity contribution < 1.29 is 4.74 Å². The van der Waals surface area contributed by atoms with Gasteiger partial charge in [-0.3, -0.25) is 5.01 Å². The number of hydrogen-bond donors (Lipinski definition) is 2. The van der Waals surface area contributed by atoms with E-state index in [2.05, 4.69) is 56.3 Å². The Morgan fingerprint density at radius 2 is 1.81 bits per heavy atom. The van der Waals surface area contributed by atoms with Crippen LogP contribution in [0.2, 0.25) is 0 Å². The van der Waals surface area contributed by atoms with Crippen molar-refractivity contribution in [3.63, 3.8) is 0 Å². The van der Waals surface area contributed by atoms with Gasteiger partial charge in [0.05, 0.1) is 31.1 Å². The highest BCUT2D eigenvalue weighted by atomic mass is 79.9. The van der Waals surface area contributed by atoms with E-state index in [1.54, 1.807) is 13.3 Å². The third-order valence-corrected chi connectivity index (χ3v) is 5.10. The number of halogens is 1. The summed E-state index contributed by atoms with van der Waals surface area (Å²) in [5.74, 6) is 1.60. The van der Waals surface area contributed by atoms with Crippen LogP contribution in [-0.2, 0) is 6.54 Å². The second kappa shape index (κ2) is 7.42. The normalized spacial score (nSPS) is 13.4. The lowest BCUT2D eigenvalue weighted by molar-refractivity contribution is 0.288. The van der Waals surface area contributed by atoms with Crippen molar-refractivity contribution >= 4 is 21.8 Å². The van der Waals surface area contributed by atoms with Gasteiger partial charge in [-0.2, -0.15) is 5.10 Å². The van der Waals surface area contributed by atoms with Crippen LogP contribution in [0.25, 0.3) is 5.69 Å². The van der Waals surface area contributed by atoms with Crippen LogP contribution in [0.3, 0.4) is 0 Å². The number of ether oxygens (including phenoxy) is 1. The summed E-state index contributed by atoms with van der Waals surface area (Å²) in [6, 6.07) is 16.2. The van der Waals surface area contributed by atoms with Crippen molar-refractivity contribution in [2.45, 2.75) is 13.5 Å². The molecule has 0 fully saturated rings. The maximum atomic E-state index is 5.21. The van der Waals surface area contributed by atoms with E-state index in [1.165, 1.54) is 5.56 Å². The van der Waals surface area contributed by atoms with Gasteiger partial charge in [0.2, 0.25) is 0 Å². The molecule has 1 aromatic heterocycles. The lowest BCUT2D eigenvalue weighted by Crippen LogP contribution is -2.40. The van der Waals surface area contributed by atoms with E-state index in [1.807, 2.05) is 46.1 Å². The van der Waals surface area contributed by atoms with Gasteiger partial charge in [0.1, 0.15) is 10.4 Å². The fraction of sp³-hybridized carbons (Fsp3) is 0.158. The smallest absolute Gasteiger partial charge is 0.177 e. The summed E-state index contributed by atoms with van der Waals surface area (Å²) in [5.41, 5.74) is 10.1. The number of methoxy groups -OCH3 is 1. The first-order valence-electron chi connectivity index (χ1n) is 8.45. The van der Waals surface area contributed by atoms with Crippen molar-refractivity contribution in [1.82, 2.24) is 25.9 Å². The van der Waals surface area contributed by atoms with Crippen LogP contribution in [0.5, 0.6) is 5.75 Å². The molecule has 1 aliphatic rings. The van der Waals surface area contributed by atoms with Gasteiger partial charge in [0, 0.05) is 0 Å². The fourth-order valence-electron chi connectivity index (χ4n) is 2.83. The predicted octanol–water partition coefficient (Wildman–Crippen LogP) is 3.14. The molecule has 0 saturated heterocycles. The number of hydrazone groups is 1. The zero-order valence-corrected chi connectivity index (χ0v) is 16.6. The summed E-state index contributed by atoms with van der Waals surface area (Å²) in [5, 5.41) is 10.8. The first-order chi connectivity index (χ1) is 13.2. The maximum absolute atomic E-state index is 5.21. The van der Waals surface area contributed by atoms with Gasteiger partial charge in [-0.15, -0.1) is 10.6 Å². The Balaban J connectivity index is 1.57. The molecule has 2 aromatic carbocycles. The highest BCUT2D eigenvalue weighted by Gasteiger charge is 2.24. The molecule has 8 heteroatoms. The second-order valence-electron chi connectivity index (χ2n) is 6.19. The van der Waals surface area contributed by atoms with Gasteiger partial charge in [-0.05, 0) is 52.7 Å². The van der Waals surface area contributed by atoms with Crippen molar-refractivity contribution in [3.8, 4) is 11.4 Å². The predicted molar refractivity (Wildman–Crippen MR) is 107 cm³/mol. The third kappa shape index (κ3) is 3.54. The molecule has 7 nitrogen and oxygen atoms in total. The molecule has 0 aliphatic carbocycles. The largest absolute Gasteiger partial charge is 0.497 e. The van der Waals surface area contributed by atoms with E-state index in [0.29, 0.717) is 6.54 Å². The Morgan fingerprint density at radius 3 is 2.52 bits per heavy atom. The molecule has 4 rings (SSSR count). The average molecular weight is 427 g/mol. The van der Waals surface area contributed by atoms with Gasteiger partial charge in [0.25, 0.3) is 0 Å². The van der Waals surface area contributed by atoms with E-state index >= 15 is 0 Å². The van der Waals surface area contributed by atoms with E-state index in [-0.39, 0.29) is 0 Å². The minimum Gasteiger partial charge on any atom is -0.497 e. The Hall–Kier alpha value is -2.84. The Morgan fingerprint density at radius 1 is 1.07 bits per heavy atom. The molecule has 27 heavy (non-hydrogen) atoms. The quantitative estimate of drug-likeness (QED) is 0.655. The molecule has 2 heterocycles. The zero-order valence-electron chi connectivity index (χ0n) is 15.0. The second-order valence-corrected chi connectivity index (χ2v) is 6.94. The number of hydrazine groups is 2. The van der Waals surface area contributed by atoms with Crippen LogP contribution < -0.4 is 15.8 Å². The van der Waals surface area contributed by atoms with Crippen LogP contribution in [0.4, 0.5) is 0 Å². The molecule has 0 radical (unpaired) electrons. The topological polar surface area (TPSA) is 66.7 Å². The zero-order chi connectivity index (χ0) is 18.8. The number of nitrogens with zero attached hydrogens (tertiary/aromatic N) is 4. The molecule has 0 bridgehead atoms. The third-order valence-electron chi connectivity index (χ3n) is 4.33. The maximum Gasteiger partial charge on any atom is 0.177 e. The summed E-state index contributed by atoms with van der Waals surface area (Å²) in [4.78, 5) is 0. The highest BCUT2D eigenvalue weighted by Crippen LogP contribution is 2.24. The molecular weight excluding hydrogens is 408 g/mol. The number of aryl methyl sites for hydroxylation is 1. The molecule has 0 amide bonds. The number of amidine groups is 1. The summed E-state index contributed by atoms with van der Waals surface area (Å²) in [6.45, 7) is 2.70. The van der Waals surface area contributed by atoms with Crippen molar-refractivity contribution in [2.24, 2.45) is 5.10 Å². The molecule has 0 unspecified atom stereocenters. The molecule has 2 N–H and O–H groups in total. The SMILES string of the molecule is COc1ccc(CN2NNN=C2c2cnn(-c3ccc(C)cc3)c2Br)cc1. The van der Waals surface area contributed by atoms with Gasteiger partial charge in [-0.25, -0.2) is 10.2 Å². The van der Waals surface area contributed by atoms with Crippen molar-refractivity contribution in [3.05, 3.63) is 76.0 Å². The Bertz CT molecular complexity index is 965. The van der Waals surface area contributed by atoms with Crippen LogP contribution in [0.15, 0.2) is 64.4 Å². The number of nitrogens with one attached hydrogen (secondary N) is 2. The van der Waals surface area contributed by atoms with Crippen molar-refractivity contribution in [1.29, 1.82) is 0 Å². The lowest BCUT2D eigenvalue weighted by Gasteiger charge is -2.18. The number of aromatic nitrogens is 2. The highest BCUT2D eigenvalue weighted by molar-refractivity contribution is 9.10. The molecule has 138 valence electrons. The Labute approximate surface area is 165 Å². The van der Waals surface area contributed by atoms with E-state index < -0.39 is 0 Å². The van der Waals surface area contributed by atoms with Crippen LogP contribution in [0.1, 0.15) is 16.7 Å². The monoisotopic (exact) mass is 426 g/mol. The molecule has 3 aromatic rings. The van der Waals surface area contributed by atoms with Crippen LogP contribution in [-0.4, -0.2) is 27.7 Å². The van der Waals surface area contributed by atoms with Gasteiger partial charge in [0.15, 0.2) is 5.84 Å². The first-order valence-corrected chi connectivity index (χ1v) is 9.25. The first kappa shape index (κ1) is 17.6. The molecule has 1 aliphatic heterocycles. The number of hydrogen-bond acceptors (Lipinski definition) is 6. The van der Waals surface area contributed by atoms with Crippen molar-refractivity contribution in [2.75, 3.05) is 7.11 Å². The fourth-order valence-corrected chi connectivity index (χ4v) is 3.41. The minimum atomic E-state index is 0.637. The van der Waals surface area contributed by atoms with E-state index in [0.717, 1.165) is 33.0 Å². The lowest BCUT2D eigenvalue weighted by atomic mass is 10.2. The molecule has 0 saturated carbocycles. The minimum absolute atomic E-state index is 0.637.